The zero-order chi connectivity index (χ0) is 26.6. The van der Waals surface area contributed by atoms with E-state index in [4.69, 9.17) is 0 Å². The van der Waals surface area contributed by atoms with Crippen LogP contribution < -0.4 is 15.5 Å². The second kappa shape index (κ2) is 11.1. The van der Waals surface area contributed by atoms with E-state index in [1.807, 2.05) is 18.2 Å². The molecule has 0 spiro atoms. The van der Waals surface area contributed by atoms with E-state index in [2.05, 4.69) is 27.8 Å². The number of amides is 2. The van der Waals surface area contributed by atoms with Crippen molar-refractivity contribution in [1.29, 1.82) is 0 Å². The van der Waals surface area contributed by atoms with E-state index in [9.17, 15) is 23.7 Å². The van der Waals surface area contributed by atoms with Gasteiger partial charge in [0.15, 0.2) is 0 Å². The Morgan fingerprint density at radius 1 is 1.00 bits per heavy atom. The number of carbonyl (C=O) groups excluding carboxylic acids is 1. The normalized spacial score (nSPS) is 21.2. The Morgan fingerprint density at radius 2 is 1.76 bits per heavy atom. The van der Waals surface area contributed by atoms with E-state index in [1.54, 1.807) is 4.90 Å². The summed E-state index contributed by atoms with van der Waals surface area (Å²) in [5.74, 6) is -0.450. The molecule has 1 aliphatic heterocycles. The standard InChI is InChI=1S/C28H29F2N5O3/c29-20-10-13-23(30)22(17-20)24-7-4-16-34(24)26-15-14-25(35(37)38)27(32-26)33-28(36)31-21-11-8-19(9-12-21)18-5-2-1-3-6-18/h1-3,5-6,10,13-15,17,19,21,24H,4,7-9,11-12,16H2,(H2,31,32,33,36). The summed E-state index contributed by atoms with van der Waals surface area (Å²) in [4.78, 5) is 30.0. The molecule has 2 N–H and O–H groups in total. The Balaban J connectivity index is 1.28. The Bertz CT molecular complexity index is 1320. The summed E-state index contributed by atoms with van der Waals surface area (Å²) >= 11 is 0. The number of nitro groups is 1. The van der Waals surface area contributed by atoms with Crippen LogP contribution in [0.25, 0.3) is 0 Å². The number of hydrogen-bond acceptors (Lipinski definition) is 5. The van der Waals surface area contributed by atoms with E-state index in [0.717, 1.165) is 37.8 Å². The first-order valence-corrected chi connectivity index (χ1v) is 12.9. The van der Waals surface area contributed by atoms with E-state index >= 15 is 0 Å². The molecule has 1 atom stereocenters. The Morgan fingerprint density at radius 3 is 2.50 bits per heavy atom. The molecule has 2 fully saturated rings. The maximum Gasteiger partial charge on any atom is 0.320 e. The minimum absolute atomic E-state index is 0.0453. The van der Waals surface area contributed by atoms with E-state index in [0.29, 0.717) is 31.1 Å². The predicted molar refractivity (Wildman–Crippen MR) is 140 cm³/mol. The molecule has 1 aliphatic carbocycles. The maximum absolute atomic E-state index is 14.5. The largest absolute Gasteiger partial charge is 0.349 e. The molecule has 2 amide bonds. The van der Waals surface area contributed by atoms with Crippen LogP contribution in [0.5, 0.6) is 0 Å². The zero-order valence-corrected chi connectivity index (χ0v) is 20.8. The van der Waals surface area contributed by atoms with Crippen molar-refractivity contribution in [2.75, 3.05) is 16.8 Å². The highest BCUT2D eigenvalue weighted by Crippen LogP contribution is 2.38. The fourth-order valence-corrected chi connectivity index (χ4v) is 5.60. The van der Waals surface area contributed by atoms with Crippen molar-refractivity contribution in [3.05, 3.63) is 93.5 Å². The fourth-order valence-electron chi connectivity index (χ4n) is 5.60. The number of rotatable bonds is 6. The topological polar surface area (TPSA) is 100 Å². The van der Waals surface area contributed by atoms with Crippen molar-refractivity contribution in [3.8, 4) is 0 Å². The first kappa shape index (κ1) is 25.6. The molecule has 5 rings (SSSR count). The van der Waals surface area contributed by atoms with Gasteiger partial charge in [-0.05, 0) is 74.3 Å². The molecule has 3 aromatic rings. The van der Waals surface area contributed by atoms with Crippen LogP contribution in [-0.4, -0.2) is 28.5 Å². The number of halogens is 2. The van der Waals surface area contributed by atoms with Crippen molar-refractivity contribution in [2.24, 2.45) is 0 Å². The lowest BCUT2D eigenvalue weighted by atomic mass is 9.82. The summed E-state index contributed by atoms with van der Waals surface area (Å²) in [5, 5.41) is 17.1. The summed E-state index contributed by atoms with van der Waals surface area (Å²) in [7, 11) is 0. The highest BCUT2D eigenvalue weighted by atomic mass is 19.1. The third-order valence-electron chi connectivity index (χ3n) is 7.49. The number of anilines is 2. The van der Waals surface area contributed by atoms with Crippen molar-refractivity contribution < 1.29 is 18.5 Å². The van der Waals surface area contributed by atoms with Gasteiger partial charge in [0, 0.05) is 24.2 Å². The lowest BCUT2D eigenvalue weighted by molar-refractivity contribution is -0.384. The van der Waals surface area contributed by atoms with Crippen LogP contribution in [0.2, 0.25) is 0 Å². The molecular formula is C28H29F2N5O3. The number of nitrogens with zero attached hydrogens (tertiary/aromatic N) is 3. The van der Waals surface area contributed by atoms with Crippen LogP contribution in [0.3, 0.4) is 0 Å². The second-order valence-corrected chi connectivity index (χ2v) is 9.87. The quantitative estimate of drug-likeness (QED) is 0.287. The highest BCUT2D eigenvalue weighted by Gasteiger charge is 2.31. The summed E-state index contributed by atoms with van der Waals surface area (Å²) in [6, 6.07) is 15.3. The zero-order valence-electron chi connectivity index (χ0n) is 20.8. The van der Waals surface area contributed by atoms with Crippen LogP contribution in [-0.2, 0) is 0 Å². The third kappa shape index (κ3) is 5.58. The summed E-state index contributed by atoms with van der Waals surface area (Å²) in [6.07, 6.45) is 4.78. The molecule has 198 valence electrons. The molecule has 1 unspecified atom stereocenters. The molecule has 38 heavy (non-hydrogen) atoms. The van der Waals surface area contributed by atoms with Gasteiger partial charge >= 0.3 is 11.7 Å². The van der Waals surface area contributed by atoms with Gasteiger partial charge in [-0.15, -0.1) is 0 Å². The number of urea groups is 1. The fraction of sp³-hybridized carbons (Fsp3) is 0.357. The van der Waals surface area contributed by atoms with Gasteiger partial charge in [0.25, 0.3) is 0 Å². The number of benzene rings is 2. The van der Waals surface area contributed by atoms with Crippen molar-refractivity contribution in [2.45, 2.75) is 56.5 Å². The van der Waals surface area contributed by atoms with E-state index < -0.39 is 28.6 Å². The van der Waals surface area contributed by atoms with E-state index in [1.165, 1.54) is 23.8 Å². The molecule has 2 aromatic carbocycles. The van der Waals surface area contributed by atoms with Gasteiger partial charge in [-0.3, -0.25) is 15.4 Å². The lowest BCUT2D eigenvalue weighted by Gasteiger charge is -2.29. The SMILES string of the molecule is O=C(Nc1nc(N2CCCC2c2cc(F)ccc2F)ccc1[N+](=O)[O-])NC1CCC(c2ccccc2)CC1. The van der Waals surface area contributed by atoms with Crippen LogP contribution in [0.15, 0.2) is 60.7 Å². The summed E-state index contributed by atoms with van der Waals surface area (Å²) in [5.41, 5.74) is 1.16. The molecular weight excluding hydrogens is 492 g/mol. The van der Waals surface area contributed by atoms with Crippen LogP contribution in [0.4, 0.5) is 30.9 Å². The van der Waals surface area contributed by atoms with Crippen LogP contribution >= 0.6 is 0 Å². The molecule has 1 saturated carbocycles. The first-order chi connectivity index (χ1) is 18.4. The highest BCUT2D eigenvalue weighted by molar-refractivity contribution is 5.91. The molecule has 0 radical (unpaired) electrons. The van der Waals surface area contributed by atoms with Gasteiger partial charge in [0.05, 0.1) is 11.0 Å². The van der Waals surface area contributed by atoms with Crippen molar-refractivity contribution >= 4 is 23.4 Å². The number of hydrogen-bond donors (Lipinski definition) is 2. The van der Waals surface area contributed by atoms with Gasteiger partial charge in [0.1, 0.15) is 17.5 Å². The predicted octanol–water partition coefficient (Wildman–Crippen LogP) is 6.46. The number of aromatic nitrogens is 1. The number of carbonyl (C=O) groups is 1. The summed E-state index contributed by atoms with van der Waals surface area (Å²) < 4.78 is 28.4. The van der Waals surface area contributed by atoms with Crippen molar-refractivity contribution in [1.82, 2.24) is 10.3 Å². The summed E-state index contributed by atoms with van der Waals surface area (Å²) in [6.45, 7) is 0.516. The van der Waals surface area contributed by atoms with Gasteiger partial charge in [-0.25, -0.2) is 18.6 Å². The third-order valence-corrected chi connectivity index (χ3v) is 7.49. The molecule has 1 saturated heterocycles. The molecule has 2 heterocycles. The van der Waals surface area contributed by atoms with Gasteiger partial charge in [-0.2, -0.15) is 0 Å². The monoisotopic (exact) mass is 521 g/mol. The van der Waals surface area contributed by atoms with Crippen molar-refractivity contribution in [3.63, 3.8) is 0 Å². The first-order valence-electron chi connectivity index (χ1n) is 12.9. The minimum atomic E-state index is -0.606. The molecule has 8 nitrogen and oxygen atoms in total. The van der Waals surface area contributed by atoms with Gasteiger partial charge in [0.2, 0.25) is 5.82 Å². The Kier molecular flexibility index (Phi) is 7.48. The number of pyridine rings is 1. The average Bonchev–Trinajstić information content (AvgIpc) is 3.40. The lowest BCUT2D eigenvalue weighted by Crippen LogP contribution is -2.40. The maximum atomic E-state index is 14.5. The van der Waals surface area contributed by atoms with Gasteiger partial charge in [-0.1, -0.05) is 30.3 Å². The second-order valence-electron chi connectivity index (χ2n) is 9.87. The molecule has 1 aromatic heterocycles. The smallest absolute Gasteiger partial charge is 0.320 e. The molecule has 0 bridgehead atoms. The average molecular weight is 522 g/mol. The van der Waals surface area contributed by atoms with Crippen LogP contribution in [0, 0.1) is 21.7 Å². The van der Waals surface area contributed by atoms with Gasteiger partial charge < -0.3 is 10.2 Å². The molecule has 10 heteroatoms. The minimum Gasteiger partial charge on any atom is -0.349 e. The van der Waals surface area contributed by atoms with E-state index in [-0.39, 0.29) is 23.1 Å². The van der Waals surface area contributed by atoms with Crippen LogP contribution in [0.1, 0.15) is 61.6 Å². The molecule has 2 aliphatic rings. The Labute approximate surface area is 219 Å². The number of nitrogens with one attached hydrogen (secondary N) is 2. The Hall–Kier alpha value is -4.08.